The maximum atomic E-state index is 12.0. The van der Waals surface area contributed by atoms with E-state index in [0.717, 1.165) is 6.42 Å². The Hall–Kier alpha value is -2.43. The molecule has 1 amide bonds. The number of nitrogens with zero attached hydrogens (tertiary/aromatic N) is 2. The van der Waals surface area contributed by atoms with Gasteiger partial charge >= 0.3 is 0 Å². The van der Waals surface area contributed by atoms with E-state index in [9.17, 15) is 4.79 Å². The van der Waals surface area contributed by atoms with Gasteiger partial charge in [0.15, 0.2) is 11.5 Å². The standard InChI is InChI=1S/C14H14N4O/c15-13-12(16-6-7-17-13)14(19)18-11-8-10(11)9-4-2-1-3-5-9/h1-7,10-11H,8H2,(H2,15,17)(H,18,19)/t10-,11+/m0/s1. The monoisotopic (exact) mass is 254 g/mol. The minimum absolute atomic E-state index is 0.163. The number of carbonyl (C=O) groups excluding carboxylic acids is 1. The summed E-state index contributed by atoms with van der Waals surface area (Å²) in [7, 11) is 0. The van der Waals surface area contributed by atoms with Crippen LogP contribution in [0.2, 0.25) is 0 Å². The van der Waals surface area contributed by atoms with Gasteiger partial charge in [0, 0.05) is 24.4 Å². The minimum Gasteiger partial charge on any atom is -0.382 e. The first-order valence-electron chi connectivity index (χ1n) is 6.18. The van der Waals surface area contributed by atoms with Crippen molar-refractivity contribution in [3.05, 3.63) is 54.0 Å². The van der Waals surface area contributed by atoms with Crippen molar-refractivity contribution < 1.29 is 4.79 Å². The second-order valence-electron chi connectivity index (χ2n) is 4.62. The van der Waals surface area contributed by atoms with Crippen LogP contribution in [0, 0.1) is 0 Å². The van der Waals surface area contributed by atoms with Gasteiger partial charge in [-0.1, -0.05) is 30.3 Å². The molecule has 1 heterocycles. The fourth-order valence-electron chi connectivity index (χ4n) is 2.18. The molecule has 19 heavy (non-hydrogen) atoms. The van der Waals surface area contributed by atoms with Crippen LogP contribution in [-0.2, 0) is 0 Å². The number of hydrogen-bond donors (Lipinski definition) is 2. The Morgan fingerprint density at radius 1 is 1.21 bits per heavy atom. The SMILES string of the molecule is Nc1nccnc1C(=O)N[C@@H]1C[C@H]1c1ccccc1. The Bertz CT molecular complexity index is 599. The zero-order valence-corrected chi connectivity index (χ0v) is 10.3. The van der Waals surface area contributed by atoms with Crippen LogP contribution in [0.5, 0.6) is 0 Å². The number of aromatic nitrogens is 2. The predicted octanol–water partition coefficient (Wildman–Crippen LogP) is 1.34. The van der Waals surface area contributed by atoms with Gasteiger partial charge in [-0.05, 0) is 12.0 Å². The molecule has 1 aliphatic rings. The van der Waals surface area contributed by atoms with Crippen molar-refractivity contribution in [2.75, 3.05) is 5.73 Å². The number of benzene rings is 1. The number of hydrogen-bond acceptors (Lipinski definition) is 4. The second kappa shape index (κ2) is 4.68. The smallest absolute Gasteiger partial charge is 0.273 e. The van der Waals surface area contributed by atoms with E-state index in [1.54, 1.807) is 0 Å². The molecular formula is C14H14N4O. The van der Waals surface area contributed by atoms with E-state index in [-0.39, 0.29) is 23.5 Å². The average molecular weight is 254 g/mol. The van der Waals surface area contributed by atoms with E-state index in [1.165, 1.54) is 18.0 Å². The molecule has 2 aromatic rings. The van der Waals surface area contributed by atoms with Gasteiger partial charge in [0.25, 0.3) is 5.91 Å². The number of nitrogens with one attached hydrogen (secondary N) is 1. The van der Waals surface area contributed by atoms with E-state index >= 15 is 0 Å². The maximum absolute atomic E-state index is 12.0. The molecule has 3 rings (SSSR count). The molecule has 3 N–H and O–H groups in total. The van der Waals surface area contributed by atoms with Gasteiger partial charge in [-0.25, -0.2) is 9.97 Å². The van der Waals surface area contributed by atoms with E-state index in [1.807, 2.05) is 18.2 Å². The lowest BCUT2D eigenvalue weighted by molar-refractivity contribution is 0.0946. The van der Waals surface area contributed by atoms with Crippen LogP contribution in [0.4, 0.5) is 5.82 Å². The molecule has 0 spiro atoms. The third-order valence-corrected chi connectivity index (χ3v) is 3.28. The summed E-state index contributed by atoms with van der Waals surface area (Å²) in [5, 5.41) is 2.94. The molecule has 0 aliphatic heterocycles. The zero-order valence-electron chi connectivity index (χ0n) is 10.3. The van der Waals surface area contributed by atoms with Crippen LogP contribution >= 0.6 is 0 Å². The number of carbonyl (C=O) groups is 1. The summed E-state index contributed by atoms with van der Waals surface area (Å²) in [5.74, 6) is 0.300. The highest BCUT2D eigenvalue weighted by atomic mass is 16.2. The number of nitrogen functional groups attached to an aromatic ring is 1. The van der Waals surface area contributed by atoms with Gasteiger partial charge in [-0.3, -0.25) is 4.79 Å². The molecule has 5 heteroatoms. The highest BCUT2D eigenvalue weighted by molar-refractivity contribution is 5.96. The maximum Gasteiger partial charge on any atom is 0.273 e. The molecule has 0 bridgehead atoms. The molecule has 1 aromatic carbocycles. The first kappa shape index (κ1) is 11.6. The summed E-state index contributed by atoms with van der Waals surface area (Å²) in [6, 6.07) is 10.3. The lowest BCUT2D eigenvalue weighted by Gasteiger charge is -2.05. The third kappa shape index (κ3) is 2.40. The Kier molecular flexibility index (Phi) is 2.87. The van der Waals surface area contributed by atoms with Gasteiger partial charge in [0.2, 0.25) is 0 Å². The lowest BCUT2D eigenvalue weighted by Crippen LogP contribution is -2.28. The number of rotatable bonds is 3. The van der Waals surface area contributed by atoms with Gasteiger partial charge in [0.1, 0.15) is 0 Å². The molecule has 0 saturated heterocycles. The van der Waals surface area contributed by atoms with E-state index < -0.39 is 0 Å². The van der Waals surface area contributed by atoms with E-state index in [4.69, 9.17) is 5.73 Å². The molecule has 0 radical (unpaired) electrons. The Balaban J connectivity index is 1.66. The van der Waals surface area contributed by atoms with E-state index in [0.29, 0.717) is 5.92 Å². The molecule has 96 valence electrons. The quantitative estimate of drug-likeness (QED) is 0.866. The summed E-state index contributed by atoms with van der Waals surface area (Å²) in [6.07, 6.45) is 3.89. The first-order valence-corrected chi connectivity index (χ1v) is 6.18. The van der Waals surface area contributed by atoms with Crippen LogP contribution in [0.25, 0.3) is 0 Å². The second-order valence-corrected chi connectivity index (χ2v) is 4.62. The van der Waals surface area contributed by atoms with Crippen molar-refractivity contribution in [3.8, 4) is 0 Å². The molecule has 1 aliphatic carbocycles. The zero-order chi connectivity index (χ0) is 13.2. The lowest BCUT2D eigenvalue weighted by atomic mass is 10.1. The van der Waals surface area contributed by atoms with E-state index in [2.05, 4.69) is 27.4 Å². The average Bonchev–Trinajstić information content (AvgIpc) is 3.19. The Labute approximate surface area is 110 Å². The topological polar surface area (TPSA) is 80.9 Å². The molecule has 0 unspecified atom stereocenters. The normalized spacial score (nSPS) is 20.8. The first-order chi connectivity index (χ1) is 9.25. The van der Waals surface area contributed by atoms with Crippen molar-refractivity contribution >= 4 is 11.7 Å². The number of anilines is 1. The largest absolute Gasteiger partial charge is 0.382 e. The Morgan fingerprint density at radius 2 is 1.95 bits per heavy atom. The van der Waals surface area contributed by atoms with Crippen molar-refractivity contribution in [1.29, 1.82) is 0 Å². The number of nitrogens with two attached hydrogens (primary N) is 1. The van der Waals surface area contributed by atoms with Crippen molar-refractivity contribution in [2.45, 2.75) is 18.4 Å². The molecule has 2 atom stereocenters. The van der Waals surface area contributed by atoms with Crippen LogP contribution in [0.3, 0.4) is 0 Å². The summed E-state index contributed by atoms with van der Waals surface area (Å²) < 4.78 is 0. The van der Waals surface area contributed by atoms with Gasteiger partial charge < -0.3 is 11.1 Å². The Morgan fingerprint density at radius 3 is 2.68 bits per heavy atom. The van der Waals surface area contributed by atoms with Crippen molar-refractivity contribution in [3.63, 3.8) is 0 Å². The van der Waals surface area contributed by atoms with Gasteiger partial charge in [-0.2, -0.15) is 0 Å². The fraction of sp³-hybridized carbons (Fsp3) is 0.214. The minimum atomic E-state index is -0.256. The van der Waals surface area contributed by atoms with Crippen LogP contribution in [0.15, 0.2) is 42.7 Å². The summed E-state index contributed by atoms with van der Waals surface area (Å²) in [5.41, 5.74) is 7.07. The summed E-state index contributed by atoms with van der Waals surface area (Å²) in [6.45, 7) is 0. The molecule has 5 nitrogen and oxygen atoms in total. The van der Waals surface area contributed by atoms with Crippen molar-refractivity contribution in [2.24, 2.45) is 0 Å². The summed E-state index contributed by atoms with van der Waals surface area (Å²) in [4.78, 5) is 19.8. The molecular weight excluding hydrogens is 240 g/mol. The van der Waals surface area contributed by atoms with Gasteiger partial charge in [0.05, 0.1) is 0 Å². The summed E-state index contributed by atoms with van der Waals surface area (Å²) >= 11 is 0. The molecule has 1 saturated carbocycles. The molecule has 1 fully saturated rings. The predicted molar refractivity (Wildman–Crippen MR) is 71.5 cm³/mol. The van der Waals surface area contributed by atoms with Crippen LogP contribution in [-0.4, -0.2) is 21.9 Å². The molecule has 1 aromatic heterocycles. The van der Waals surface area contributed by atoms with Gasteiger partial charge in [-0.15, -0.1) is 0 Å². The third-order valence-electron chi connectivity index (χ3n) is 3.28. The number of amides is 1. The van der Waals surface area contributed by atoms with Crippen molar-refractivity contribution in [1.82, 2.24) is 15.3 Å². The highest BCUT2D eigenvalue weighted by Crippen LogP contribution is 2.40. The highest BCUT2D eigenvalue weighted by Gasteiger charge is 2.39. The van der Waals surface area contributed by atoms with Crippen LogP contribution < -0.4 is 11.1 Å². The van der Waals surface area contributed by atoms with Crippen LogP contribution in [0.1, 0.15) is 28.4 Å². The fourth-order valence-corrected chi connectivity index (χ4v) is 2.18.